The van der Waals surface area contributed by atoms with E-state index < -0.39 is 13.8 Å². The molecule has 0 unspecified atom stereocenters. The fourth-order valence-corrected chi connectivity index (χ4v) is 16.9. The summed E-state index contributed by atoms with van der Waals surface area (Å²) in [6.45, 7) is -8.63. The summed E-state index contributed by atoms with van der Waals surface area (Å²) in [5.74, 6) is 0. The van der Waals surface area contributed by atoms with Crippen LogP contribution >= 0.6 is 13.8 Å². The first-order valence-electron chi connectivity index (χ1n) is 17.4. The van der Waals surface area contributed by atoms with E-state index >= 15 is 8.39 Å². The molecule has 0 atom stereocenters. The SMILES string of the molecule is FP(c1ccccc1)(c1ccccc1)(c1ccccc1)c1ccccc1.FP(c1ccccc1)(c1ccccc1)(c1ccccc1)c1ccccc1. The quantitative estimate of drug-likeness (QED) is 0.138. The molecule has 0 aliphatic carbocycles. The van der Waals surface area contributed by atoms with Gasteiger partial charge in [-0.25, -0.2) is 0 Å². The minimum atomic E-state index is -4.32. The van der Waals surface area contributed by atoms with Crippen LogP contribution in [-0.2, 0) is 0 Å². The molecule has 0 saturated carbocycles. The molecule has 0 heterocycles. The summed E-state index contributed by atoms with van der Waals surface area (Å²) in [6.07, 6.45) is 0. The van der Waals surface area contributed by atoms with Crippen molar-refractivity contribution in [3.8, 4) is 0 Å². The summed E-state index contributed by atoms with van der Waals surface area (Å²) >= 11 is 0. The third-order valence-corrected chi connectivity index (χ3v) is 20.1. The number of benzene rings is 8. The van der Waals surface area contributed by atoms with Gasteiger partial charge in [0.2, 0.25) is 0 Å². The first-order chi connectivity index (χ1) is 25.5. The number of hydrogen-bond donors (Lipinski definition) is 0. The van der Waals surface area contributed by atoms with Gasteiger partial charge in [-0.1, -0.05) is 0 Å². The van der Waals surface area contributed by atoms with Gasteiger partial charge in [0.15, 0.2) is 0 Å². The van der Waals surface area contributed by atoms with Gasteiger partial charge >= 0.3 is 307 Å². The maximum absolute atomic E-state index is 18.2. The standard InChI is InChI=1S/2C24H20FP/c2*25-26(21-13-5-1-6-14-21,22-15-7-2-8-16-22,23-17-9-3-10-18-23)24-19-11-4-12-20-24/h2*1-20H. The van der Waals surface area contributed by atoms with Gasteiger partial charge in [-0.3, -0.25) is 0 Å². The van der Waals surface area contributed by atoms with Crippen molar-refractivity contribution in [2.75, 3.05) is 0 Å². The van der Waals surface area contributed by atoms with E-state index in [0.29, 0.717) is 0 Å². The molecule has 0 nitrogen and oxygen atoms in total. The minimum absolute atomic E-state index is 0.724. The van der Waals surface area contributed by atoms with E-state index in [1.807, 2.05) is 243 Å². The van der Waals surface area contributed by atoms with E-state index in [4.69, 9.17) is 0 Å². The van der Waals surface area contributed by atoms with Crippen LogP contribution in [0.15, 0.2) is 243 Å². The molecule has 0 aliphatic heterocycles. The molecule has 256 valence electrons. The van der Waals surface area contributed by atoms with Crippen molar-refractivity contribution in [2.24, 2.45) is 0 Å². The van der Waals surface area contributed by atoms with Gasteiger partial charge in [0, 0.05) is 0 Å². The van der Waals surface area contributed by atoms with Gasteiger partial charge in [0.05, 0.1) is 0 Å². The third kappa shape index (κ3) is 5.61. The Hall–Kier alpha value is -5.52. The Bertz CT molecular complexity index is 1800. The molecule has 8 aromatic rings. The van der Waals surface area contributed by atoms with Gasteiger partial charge < -0.3 is 0 Å². The number of halogens is 2. The van der Waals surface area contributed by atoms with Crippen LogP contribution in [0.25, 0.3) is 0 Å². The second kappa shape index (κ2) is 14.6. The van der Waals surface area contributed by atoms with Crippen LogP contribution in [0.4, 0.5) is 8.39 Å². The Morgan fingerprint density at radius 1 is 0.173 bits per heavy atom. The van der Waals surface area contributed by atoms with Crippen LogP contribution in [0.2, 0.25) is 0 Å². The molecule has 0 aromatic heterocycles. The summed E-state index contributed by atoms with van der Waals surface area (Å²) < 4.78 is 36.5. The Morgan fingerprint density at radius 2 is 0.269 bits per heavy atom. The van der Waals surface area contributed by atoms with Crippen molar-refractivity contribution in [2.45, 2.75) is 0 Å². The molecule has 0 spiro atoms. The maximum atomic E-state index is 18.2. The Labute approximate surface area is 306 Å². The Kier molecular flexibility index (Phi) is 9.81. The zero-order valence-corrected chi connectivity index (χ0v) is 30.5. The summed E-state index contributed by atoms with van der Waals surface area (Å²) in [5.41, 5.74) is 0. The zero-order valence-electron chi connectivity index (χ0n) is 28.7. The fraction of sp³-hybridized carbons (Fsp3) is 0. The van der Waals surface area contributed by atoms with Crippen LogP contribution in [0.1, 0.15) is 0 Å². The van der Waals surface area contributed by atoms with Crippen LogP contribution in [0, 0.1) is 0 Å². The van der Waals surface area contributed by atoms with Crippen molar-refractivity contribution in [3.05, 3.63) is 243 Å². The third-order valence-electron chi connectivity index (χ3n) is 9.93. The second-order valence-electron chi connectivity index (χ2n) is 12.7. The summed E-state index contributed by atoms with van der Waals surface area (Å²) in [6, 6.07) is 77.0. The molecule has 4 heteroatoms. The monoisotopic (exact) mass is 716 g/mol. The Balaban J connectivity index is 0.000000162. The molecule has 0 N–H and O–H groups in total. The first-order valence-corrected chi connectivity index (χ1v) is 21.7. The van der Waals surface area contributed by atoms with Crippen LogP contribution in [0.3, 0.4) is 0 Å². The van der Waals surface area contributed by atoms with Crippen molar-refractivity contribution >= 4 is 56.3 Å². The van der Waals surface area contributed by atoms with Gasteiger partial charge in [0.1, 0.15) is 0 Å². The number of hydrogen-bond acceptors (Lipinski definition) is 0. The Morgan fingerprint density at radius 3 is 0.365 bits per heavy atom. The predicted octanol–water partition coefficient (Wildman–Crippen LogP) is 9.45. The molecular formula is C48H40F2P2. The molecule has 0 aliphatic rings. The summed E-state index contributed by atoms with van der Waals surface area (Å²) in [5, 5.41) is 5.79. The molecule has 8 aromatic carbocycles. The van der Waals surface area contributed by atoms with Crippen molar-refractivity contribution in [1.82, 2.24) is 0 Å². The molecular weight excluding hydrogens is 676 g/mol. The van der Waals surface area contributed by atoms with E-state index in [9.17, 15) is 0 Å². The van der Waals surface area contributed by atoms with Gasteiger partial charge in [-0.05, 0) is 0 Å². The fourth-order valence-electron chi connectivity index (χ4n) is 7.45. The van der Waals surface area contributed by atoms with Gasteiger partial charge in [-0.2, -0.15) is 0 Å². The molecule has 0 radical (unpaired) electrons. The van der Waals surface area contributed by atoms with Crippen LogP contribution in [-0.4, -0.2) is 0 Å². The van der Waals surface area contributed by atoms with E-state index in [1.165, 1.54) is 0 Å². The molecule has 0 amide bonds. The predicted molar refractivity (Wildman–Crippen MR) is 225 cm³/mol. The van der Waals surface area contributed by atoms with Crippen molar-refractivity contribution in [3.63, 3.8) is 0 Å². The van der Waals surface area contributed by atoms with E-state index in [-0.39, 0.29) is 0 Å². The average molecular weight is 717 g/mol. The summed E-state index contributed by atoms with van der Waals surface area (Å²) in [7, 11) is 0. The van der Waals surface area contributed by atoms with Crippen molar-refractivity contribution < 1.29 is 8.39 Å². The van der Waals surface area contributed by atoms with E-state index in [0.717, 1.165) is 42.4 Å². The van der Waals surface area contributed by atoms with E-state index in [1.54, 1.807) is 0 Å². The van der Waals surface area contributed by atoms with Gasteiger partial charge in [-0.15, -0.1) is 0 Å². The van der Waals surface area contributed by atoms with Crippen LogP contribution in [0.5, 0.6) is 0 Å². The first kappa shape index (κ1) is 34.9. The van der Waals surface area contributed by atoms with Crippen LogP contribution < -0.4 is 42.4 Å². The average Bonchev–Trinajstić information content (AvgIpc) is 3.26. The normalized spacial score (nSPS) is 12.9. The number of rotatable bonds is 8. The molecule has 52 heavy (non-hydrogen) atoms. The molecule has 0 saturated heterocycles. The molecule has 0 bridgehead atoms. The second-order valence-corrected chi connectivity index (χ2v) is 20.9. The van der Waals surface area contributed by atoms with Crippen molar-refractivity contribution in [1.29, 1.82) is 0 Å². The zero-order chi connectivity index (χ0) is 35.8. The molecule has 8 rings (SSSR count). The van der Waals surface area contributed by atoms with E-state index in [2.05, 4.69) is 0 Å². The van der Waals surface area contributed by atoms with Gasteiger partial charge in [0.25, 0.3) is 0 Å². The summed E-state index contributed by atoms with van der Waals surface area (Å²) in [4.78, 5) is 0. The molecule has 0 fully saturated rings. The topological polar surface area (TPSA) is 0 Å².